The third kappa shape index (κ3) is 3.99. The molecule has 0 radical (unpaired) electrons. The summed E-state index contributed by atoms with van der Waals surface area (Å²) >= 11 is 7.43. The van der Waals surface area contributed by atoms with Crippen molar-refractivity contribution in [3.8, 4) is 0 Å². The molecule has 4 rings (SSSR count). The summed E-state index contributed by atoms with van der Waals surface area (Å²) in [4.78, 5) is 21.0. The lowest BCUT2D eigenvalue weighted by Gasteiger charge is -2.34. The highest BCUT2D eigenvalue weighted by Crippen LogP contribution is 2.29. The van der Waals surface area contributed by atoms with Crippen molar-refractivity contribution in [1.29, 1.82) is 0 Å². The Morgan fingerprint density at radius 3 is 2.39 bits per heavy atom. The predicted octanol–water partition coefficient (Wildman–Crippen LogP) is 3.07. The summed E-state index contributed by atoms with van der Waals surface area (Å²) in [5.41, 5.74) is 0.968. The summed E-state index contributed by atoms with van der Waals surface area (Å²) in [6.45, 7) is 2.22. The lowest BCUT2D eigenvalue weighted by Crippen LogP contribution is -2.50. The van der Waals surface area contributed by atoms with Gasteiger partial charge in [-0.3, -0.25) is 4.79 Å². The predicted molar refractivity (Wildman–Crippen MR) is 112 cm³/mol. The minimum absolute atomic E-state index is 0.110. The molecule has 28 heavy (non-hydrogen) atoms. The van der Waals surface area contributed by atoms with E-state index in [0.717, 1.165) is 15.3 Å². The largest absolute Gasteiger partial charge is 0.345 e. The molecule has 1 aliphatic rings. The highest BCUT2D eigenvalue weighted by Gasteiger charge is 2.27. The third-order valence-electron chi connectivity index (χ3n) is 4.67. The first kappa shape index (κ1) is 19.2. The van der Waals surface area contributed by atoms with Crippen molar-refractivity contribution in [2.45, 2.75) is 4.90 Å². The van der Waals surface area contributed by atoms with Gasteiger partial charge >= 0.3 is 0 Å². The first-order chi connectivity index (χ1) is 13.4. The van der Waals surface area contributed by atoms with Crippen molar-refractivity contribution in [3.63, 3.8) is 0 Å². The average Bonchev–Trinajstić information content (AvgIpc) is 3.12. The van der Waals surface area contributed by atoms with Gasteiger partial charge in [0.25, 0.3) is 0 Å². The number of carbonyl (C=O) groups excluding carboxylic acids is 1. The van der Waals surface area contributed by atoms with Crippen molar-refractivity contribution in [2.24, 2.45) is 0 Å². The van der Waals surface area contributed by atoms with Crippen LogP contribution >= 0.6 is 22.9 Å². The Balaban J connectivity index is 1.39. The molecule has 9 heteroatoms. The molecule has 1 amide bonds. The monoisotopic (exact) mass is 435 g/mol. The number of piperazine rings is 1. The summed E-state index contributed by atoms with van der Waals surface area (Å²) in [7, 11) is -3.68. The van der Waals surface area contributed by atoms with Crippen molar-refractivity contribution in [2.75, 3.05) is 36.8 Å². The van der Waals surface area contributed by atoms with Gasteiger partial charge in [0, 0.05) is 31.2 Å². The highest BCUT2D eigenvalue weighted by atomic mass is 35.5. The Kier molecular flexibility index (Phi) is 5.27. The van der Waals surface area contributed by atoms with Crippen LogP contribution in [0, 0.1) is 0 Å². The zero-order chi connectivity index (χ0) is 19.7. The number of carbonyl (C=O) groups is 1. The Bertz CT molecular complexity index is 1070. The molecule has 146 valence electrons. The van der Waals surface area contributed by atoms with E-state index in [1.54, 1.807) is 16.2 Å². The number of sulfone groups is 1. The quantitative estimate of drug-likeness (QED) is 0.629. The number of hydrogen-bond donors (Lipinski definition) is 0. The zero-order valence-electron chi connectivity index (χ0n) is 14.9. The van der Waals surface area contributed by atoms with Crippen LogP contribution in [0.1, 0.15) is 0 Å². The molecule has 0 saturated carbocycles. The van der Waals surface area contributed by atoms with Gasteiger partial charge in [-0.2, -0.15) is 0 Å². The van der Waals surface area contributed by atoms with Gasteiger partial charge in [-0.25, -0.2) is 13.4 Å². The Morgan fingerprint density at radius 2 is 1.71 bits per heavy atom. The van der Waals surface area contributed by atoms with E-state index in [-0.39, 0.29) is 10.8 Å². The van der Waals surface area contributed by atoms with E-state index >= 15 is 0 Å². The standard InChI is InChI=1S/C19H18ClN3O3S2/c20-14-5-7-15(8-6-14)28(25,26)13-18(24)22-9-11-23(12-10-22)19-21-16-3-1-2-4-17(16)27-19/h1-8H,9-13H2. The van der Waals surface area contributed by atoms with Crippen molar-refractivity contribution < 1.29 is 13.2 Å². The number of aromatic nitrogens is 1. The molecule has 0 N–H and O–H groups in total. The maximum atomic E-state index is 12.5. The van der Waals surface area contributed by atoms with Crippen LogP contribution in [-0.4, -0.2) is 56.1 Å². The summed E-state index contributed by atoms with van der Waals surface area (Å²) in [6, 6.07) is 13.8. The number of anilines is 1. The lowest BCUT2D eigenvalue weighted by atomic mass is 10.3. The van der Waals surface area contributed by atoms with Crippen LogP contribution in [0.2, 0.25) is 5.02 Å². The topological polar surface area (TPSA) is 70.6 Å². The SMILES string of the molecule is O=C(CS(=O)(=O)c1ccc(Cl)cc1)N1CCN(c2nc3ccccc3s2)CC1. The van der Waals surface area contributed by atoms with Crippen LogP contribution in [0.3, 0.4) is 0 Å². The number of benzene rings is 2. The van der Waals surface area contributed by atoms with E-state index in [2.05, 4.69) is 9.88 Å². The van der Waals surface area contributed by atoms with Crippen LogP contribution in [-0.2, 0) is 14.6 Å². The van der Waals surface area contributed by atoms with Gasteiger partial charge in [0.05, 0.1) is 15.1 Å². The average molecular weight is 436 g/mol. The second-order valence-corrected chi connectivity index (χ2v) is 9.98. The minimum Gasteiger partial charge on any atom is -0.345 e. The number of amides is 1. The molecule has 0 atom stereocenters. The molecule has 1 aliphatic heterocycles. The van der Waals surface area contributed by atoms with Crippen LogP contribution < -0.4 is 4.90 Å². The van der Waals surface area contributed by atoms with Gasteiger partial charge < -0.3 is 9.80 Å². The van der Waals surface area contributed by atoms with Gasteiger partial charge in [0.15, 0.2) is 15.0 Å². The smallest absolute Gasteiger partial charge is 0.238 e. The van der Waals surface area contributed by atoms with E-state index in [1.165, 1.54) is 24.3 Å². The number of thiazole rings is 1. The molecule has 0 unspecified atom stereocenters. The van der Waals surface area contributed by atoms with Crippen LogP contribution in [0.4, 0.5) is 5.13 Å². The molecule has 1 aromatic heterocycles. The first-order valence-electron chi connectivity index (χ1n) is 8.79. The van der Waals surface area contributed by atoms with Crippen LogP contribution in [0.5, 0.6) is 0 Å². The van der Waals surface area contributed by atoms with Gasteiger partial charge in [-0.05, 0) is 36.4 Å². The number of nitrogens with zero attached hydrogens (tertiary/aromatic N) is 3. The molecule has 0 bridgehead atoms. The summed E-state index contributed by atoms with van der Waals surface area (Å²) in [5, 5.41) is 1.39. The maximum Gasteiger partial charge on any atom is 0.238 e. The number of para-hydroxylation sites is 1. The third-order valence-corrected chi connectivity index (χ3v) is 7.64. The summed E-state index contributed by atoms with van der Waals surface area (Å²) in [5.74, 6) is -0.908. The van der Waals surface area contributed by atoms with Crippen molar-refractivity contribution in [3.05, 3.63) is 53.6 Å². The lowest BCUT2D eigenvalue weighted by molar-refractivity contribution is -0.128. The second kappa shape index (κ2) is 7.69. The van der Waals surface area contributed by atoms with E-state index < -0.39 is 15.6 Å². The van der Waals surface area contributed by atoms with Crippen LogP contribution in [0.15, 0.2) is 53.4 Å². The van der Waals surface area contributed by atoms with Crippen molar-refractivity contribution >= 4 is 54.0 Å². The number of rotatable bonds is 4. The fraction of sp³-hybridized carbons (Fsp3) is 0.263. The second-order valence-electron chi connectivity index (χ2n) is 6.55. The number of hydrogen-bond acceptors (Lipinski definition) is 6. The first-order valence-corrected chi connectivity index (χ1v) is 11.6. The molecule has 0 spiro atoms. The van der Waals surface area contributed by atoms with E-state index in [0.29, 0.717) is 31.2 Å². The Labute approximate surface area is 172 Å². The molecule has 1 fully saturated rings. The maximum absolute atomic E-state index is 12.5. The van der Waals surface area contributed by atoms with Gasteiger partial charge in [0.1, 0.15) is 5.75 Å². The van der Waals surface area contributed by atoms with E-state index in [1.807, 2.05) is 24.3 Å². The fourth-order valence-corrected chi connectivity index (χ4v) is 5.49. The summed E-state index contributed by atoms with van der Waals surface area (Å²) in [6.07, 6.45) is 0. The normalized spacial score (nSPS) is 15.2. The van der Waals surface area contributed by atoms with Gasteiger partial charge in [0.2, 0.25) is 5.91 Å². The number of halogens is 1. The van der Waals surface area contributed by atoms with Crippen LogP contribution in [0.25, 0.3) is 10.2 Å². The molecule has 2 aromatic carbocycles. The molecule has 0 aliphatic carbocycles. The zero-order valence-corrected chi connectivity index (χ0v) is 17.3. The number of fused-ring (bicyclic) bond motifs is 1. The highest BCUT2D eigenvalue weighted by molar-refractivity contribution is 7.92. The van der Waals surface area contributed by atoms with E-state index in [9.17, 15) is 13.2 Å². The molecule has 3 aromatic rings. The molecule has 6 nitrogen and oxygen atoms in total. The summed E-state index contributed by atoms with van der Waals surface area (Å²) < 4.78 is 26.1. The Morgan fingerprint density at radius 1 is 1.04 bits per heavy atom. The van der Waals surface area contributed by atoms with Gasteiger partial charge in [-0.15, -0.1) is 0 Å². The van der Waals surface area contributed by atoms with E-state index in [4.69, 9.17) is 11.6 Å². The fourth-order valence-electron chi connectivity index (χ4n) is 3.12. The Hall–Kier alpha value is -2.16. The molecular formula is C19H18ClN3O3S2. The molecule has 1 saturated heterocycles. The van der Waals surface area contributed by atoms with Gasteiger partial charge in [-0.1, -0.05) is 35.1 Å². The minimum atomic E-state index is -3.68. The molecular weight excluding hydrogens is 418 g/mol. The van der Waals surface area contributed by atoms with Crippen molar-refractivity contribution in [1.82, 2.24) is 9.88 Å². The molecule has 2 heterocycles.